The second-order valence-electron chi connectivity index (χ2n) is 7.09. The molecular weight excluding hydrogens is 396 g/mol. The monoisotopic (exact) mass is 412 g/mol. The van der Waals surface area contributed by atoms with Gasteiger partial charge in [-0.05, 0) is 35.9 Å². The van der Waals surface area contributed by atoms with E-state index >= 15 is 0 Å². The SMILES string of the molecule is O=C(OCc1nc2ccccc2o1)c1ccc2c(c1)C(=O)N(Cc1ccccc1)C2=O. The predicted molar refractivity (Wildman–Crippen MR) is 110 cm³/mol. The van der Waals surface area contributed by atoms with E-state index in [9.17, 15) is 14.4 Å². The zero-order valence-corrected chi connectivity index (χ0v) is 16.3. The fourth-order valence-corrected chi connectivity index (χ4v) is 3.52. The number of carbonyl (C=O) groups excluding carboxylic acids is 3. The predicted octanol–water partition coefficient (Wildman–Crippen LogP) is 3.98. The first-order chi connectivity index (χ1) is 15.1. The van der Waals surface area contributed by atoms with Crippen LogP contribution in [0.5, 0.6) is 0 Å². The third-order valence-corrected chi connectivity index (χ3v) is 5.05. The number of nitrogens with zero attached hydrogens (tertiary/aromatic N) is 2. The smallest absolute Gasteiger partial charge is 0.338 e. The van der Waals surface area contributed by atoms with Crippen LogP contribution in [-0.2, 0) is 17.9 Å². The van der Waals surface area contributed by atoms with Gasteiger partial charge in [-0.25, -0.2) is 9.78 Å². The maximum atomic E-state index is 12.8. The minimum Gasteiger partial charge on any atom is -0.452 e. The zero-order valence-electron chi connectivity index (χ0n) is 16.3. The molecule has 1 aliphatic heterocycles. The van der Waals surface area contributed by atoms with Crippen LogP contribution >= 0.6 is 0 Å². The molecule has 0 bridgehead atoms. The number of amides is 2. The standard InChI is InChI=1S/C24H16N2O5/c27-22-17-11-10-16(12-18(17)23(28)26(22)13-15-6-2-1-3-7-15)24(29)30-14-21-25-19-8-4-5-9-20(19)31-21/h1-12H,13-14H2. The summed E-state index contributed by atoms with van der Waals surface area (Å²) in [6.45, 7) is 0.0301. The van der Waals surface area contributed by atoms with E-state index in [-0.39, 0.29) is 41.6 Å². The Hall–Kier alpha value is -4.26. The van der Waals surface area contributed by atoms with E-state index in [1.165, 1.54) is 23.1 Å². The second kappa shape index (κ2) is 7.53. The number of oxazole rings is 1. The molecule has 152 valence electrons. The number of hydrogen-bond donors (Lipinski definition) is 0. The van der Waals surface area contributed by atoms with Crippen molar-refractivity contribution in [1.29, 1.82) is 0 Å². The van der Waals surface area contributed by atoms with Crippen molar-refractivity contribution in [3.63, 3.8) is 0 Å². The molecule has 7 nitrogen and oxygen atoms in total. The Balaban J connectivity index is 1.31. The molecule has 0 radical (unpaired) electrons. The Kier molecular flexibility index (Phi) is 4.55. The molecule has 1 aromatic heterocycles. The van der Waals surface area contributed by atoms with Gasteiger partial charge in [-0.2, -0.15) is 0 Å². The molecule has 0 atom stereocenters. The summed E-state index contributed by atoms with van der Waals surface area (Å²) in [4.78, 5) is 43.4. The molecule has 0 aliphatic carbocycles. The van der Waals surface area contributed by atoms with Gasteiger partial charge >= 0.3 is 5.97 Å². The van der Waals surface area contributed by atoms with Crippen LogP contribution in [0.4, 0.5) is 0 Å². The molecule has 0 saturated heterocycles. The first-order valence-electron chi connectivity index (χ1n) is 9.66. The molecule has 0 unspecified atom stereocenters. The van der Waals surface area contributed by atoms with Crippen LogP contribution in [0.15, 0.2) is 77.2 Å². The van der Waals surface area contributed by atoms with E-state index in [0.29, 0.717) is 11.1 Å². The molecule has 31 heavy (non-hydrogen) atoms. The van der Waals surface area contributed by atoms with Gasteiger partial charge in [0.25, 0.3) is 11.8 Å². The fraction of sp³-hybridized carbons (Fsp3) is 0.0833. The number of carbonyl (C=O) groups is 3. The first-order valence-corrected chi connectivity index (χ1v) is 9.66. The lowest BCUT2D eigenvalue weighted by Gasteiger charge is -2.13. The van der Waals surface area contributed by atoms with Gasteiger partial charge in [0.15, 0.2) is 12.2 Å². The summed E-state index contributed by atoms with van der Waals surface area (Å²) >= 11 is 0. The molecule has 0 spiro atoms. The number of esters is 1. The van der Waals surface area contributed by atoms with Crippen LogP contribution in [0.25, 0.3) is 11.1 Å². The molecule has 0 saturated carbocycles. The molecule has 4 aromatic rings. The lowest BCUT2D eigenvalue weighted by Crippen LogP contribution is -2.29. The number of imide groups is 1. The number of benzene rings is 3. The van der Waals surface area contributed by atoms with Gasteiger partial charge < -0.3 is 9.15 Å². The largest absolute Gasteiger partial charge is 0.452 e. The van der Waals surface area contributed by atoms with Gasteiger partial charge in [0.05, 0.1) is 23.2 Å². The fourth-order valence-electron chi connectivity index (χ4n) is 3.52. The van der Waals surface area contributed by atoms with Crippen molar-refractivity contribution < 1.29 is 23.5 Å². The Bertz CT molecular complexity index is 1290. The van der Waals surface area contributed by atoms with Crippen LogP contribution in [0, 0.1) is 0 Å². The number of hydrogen-bond acceptors (Lipinski definition) is 6. The summed E-state index contributed by atoms with van der Waals surface area (Å²) in [7, 11) is 0. The molecule has 2 heterocycles. The summed E-state index contributed by atoms with van der Waals surface area (Å²) in [5.74, 6) is -1.17. The van der Waals surface area contributed by atoms with Crippen molar-refractivity contribution in [2.45, 2.75) is 13.2 Å². The first kappa shape index (κ1) is 18.7. The van der Waals surface area contributed by atoms with Crippen molar-refractivity contribution >= 4 is 28.9 Å². The van der Waals surface area contributed by atoms with E-state index in [0.717, 1.165) is 5.56 Å². The maximum absolute atomic E-state index is 12.8. The summed E-state index contributed by atoms with van der Waals surface area (Å²) < 4.78 is 10.8. The van der Waals surface area contributed by atoms with Crippen molar-refractivity contribution in [2.75, 3.05) is 0 Å². The zero-order chi connectivity index (χ0) is 21.4. The van der Waals surface area contributed by atoms with Gasteiger partial charge in [-0.1, -0.05) is 42.5 Å². The topological polar surface area (TPSA) is 89.7 Å². The number of rotatable bonds is 5. The average molecular weight is 412 g/mol. The van der Waals surface area contributed by atoms with Crippen molar-refractivity contribution in [3.05, 3.63) is 101 Å². The third-order valence-electron chi connectivity index (χ3n) is 5.05. The highest BCUT2D eigenvalue weighted by atomic mass is 16.5. The van der Waals surface area contributed by atoms with E-state index in [1.54, 1.807) is 12.1 Å². The Morgan fingerprint density at radius 1 is 0.903 bits per heavy atom. The molecule has 7 heteroatoms. The highest BCUT2D eigenvalue weighted by Crippen LogP contribution is 2.26. The number of para-hydroxylation sites is 2. The van der Waals surface area contributed by atoms with Crippen LogP contribution in [0.3, 0.4) is 0 Å². The molecule has 2 amide bonds. The number of aromatic nitrogens is 1. The van der Waals surface area contributed by atoms with Crippen molar-refractivity contribution in [2.24, 2.45) is 0 Å². The van der Waals surface area contributed by atoms with Crippen LogP contribution in [0.2, 0.25) is 0 Å². The molecule has 3 aromatic carbocycles. The average Bonchev–Trinajstić information content (AvgIpc) is 3.32. The normalized spacial score (nSPS) is 13.0. The second-order valence-corrected chi connectivity index (χ2v) is 7.09. The highest BCUT2D eigenvalue weighted by molar-refractivity contribution is 6.21. The summed E-state index contributed by atoms with van der Waals surface area (Å²) in [5.41, 5.74) is 2.77. The minimum atomic E-state index is -0.633. The maximum Gasteiger partial charge on any atom is 0.338 e. The van der Waals surface area contributed by atoms with Crippen LogP contribution in [-0.4, -0.2) is 27.7 Å². The van der Waals surface area contributed by atoms with E-state index in [1.807, 2.05) is 42.5 Å². The molecule has 0 N–H and O–H groups in total. The van der Waals surface area contributed by atoms with Gasteiger partial charge in [-0.15, -0.1) is 0 Å². The molecular formula is C24H16N2O5. The highest BCUT2D eigenvalue weighted by Gasteiger charge is 2.36. The summed E-state index contributed by atoms with van der Waals surface area (Å²) in [6, 6.07) is 20.8. The van der Waals surface area contributed by atoms with E-state index < -0.39 is 11.9 Å². The van der Waals surface area contributed by atoms with E-state index in [2.05, 4.69) is 4.98 Å². The Morgan fingerprint density at radius 3 is 2.45 bits per heavy atom. The lowest BCUT2D eigenvalue weighted by molar-refractivity contribution is 0.0440. The van der Waals surface area contributed by atoms with Gasteiger partial charge in [0.2, 0.25) is 5.89 Å². The summed E-state index contributed by atoms with van der Waals surface area (Å²) in [5, 5.41) is 0. The minimum absolute atomic E-state index is 0.141. The quantitative estimate of drug-likeness (QED) is 0.364. The molecule has 0 fully saturated rings. The third kappa shape index (κ3) is 3.46. The van der Waals surface area contributed by atoms with Crippen molar-refractivity contribution in [1.82, 2.24) is 9.88 Å². The number of ether oxygens (including phenoxy) is 1. The van der Waals surface area contributed by atoms with Gasteiger partial charge in [0.1, 0.15) is 5.52 Å². The molecule has 1 aliphatic rings. The van der Waals surface area contributed by atoms with Gasteiger partial charge in [0, 0.05) is 0 Å². The molecule has 5 rings (SSSR count). The lowest BCUT2D eigenvalue weighted by atomic mass is 10.1. The summed E-state index contributed by atoms with van der Waals surface area (Å²) in [6.07, 6.45) is 0. The Morgan fingerprint density at radius 2 is 1.65 bits per heavy atom. The van der Waals surface area contributed by atoms with Crippen LogP contribution < -0.4 is 0 Å². The number of fused-ring (bicyclic) bond motifs is 2. The van der Waals surface area contributed by atoms with Gasteiger partial charge in [-0.3, -0.25) is 14.5 Å². The van der Waals surface area contributed by atoms with E-state index in [4.69, 9.17) is 9.15 Å². The van der Waals surface area contributed by atoms with Crippen molar-refractivity contribution in [3.8, 4) is 0 Å². The Labute approximate surface area is 176 Å². The van der Waals surface area contributed by atoms with Crippen LogP contribution in [0.1, 0.15) is 42.5 Å².